The molecular formula is C24H16Br2INO4. The van der Waals surface area contributed by atoms with Crippen molar-refractivity contribution in [3.8, 4) is 11.5 Å². The zero-order valence-electron chi connectivity index (χ0n) is 16.8. The van der Waals surface area contributed by atoms with Gasteiger partial charge in [-0.15, -0.1) is 0 Å². The molecule has 3 aromatic carbocycles. The van der Waals surface area contributed by atoms with Gasteiger partial charge in [-0.05, 0) is 98.2 Å². The molecule has 4 rings (SSSR count). The van der Waals surface area contributed by atoms with E-state index in [4.69, 9.17) is 14.2 Å². The van der Waals surface area contributed by atoms with Crippen LogP contribution in [0, 0.1) is 3.57 Å². The van der Waals surface area contributed by atoms with Crippen LogP contribution in [0.5, 0.6) is 11.5 Å². The first-order chi connectivity index (χ1) is 15.4. The number of aliphatic imine (C=N–C) groups is 1. The van der Waals surface area contributed by atoms with Crippen LogP contribution in [0.3, 0.4) is 0 Å². The predicted octanol–water partition coefficient (Wildman–Crippen LogP) is 6.75. The summed E-state index contributed by atoms with van der Waals surface area (Å²) in [5.41, 5.74) is 2.74. The van der Waals surface area contributed by atoms with Crippen LogP contribution >= 0.6 is 54.5 Å². The minimum absolute atomic E-state index is 0.222. The number of hydrogen-bond acceptors (Lipinski definition) is 5. The van der Waals surface area contributed by atoms with Crippen molar-refractivity contribution in [3.05, 3.63) is 95.6 Å². The van der Waals surface area contributed by atoms with Gasteiger partial charge in [-0.3, -0.25) is 0 Å². The highest BCUT2D eigenvalue weighted by molar-refractivity contribution is 14.1. The number of nitrogens with zero attached hydrogens (tertiary/aromatic N) is 1. The molecule has 8 heteroatoms. The number of rotatable bonds is 6. The molecule has 1 aliphatic rings. The van der Waals surface area contributed by atoms with E-state index in [1.165, 1.54) is 0 Å². The second-order valence-corrected chi connectivity index (χ2v) is 9.72. The molecule has 3 aromatic rings. The topological polar surface area (TPSA) is 57.1 Å². The normalized spacial score (nSPS) is 14.3. The Morgan fingerprint density at radius 3 is 2.53 bits per heavy atom. The lowest BCUT2D eigenvalue weighted by atomic mass is 10.1. The van der Waals surface area contributed by atoms with Gasteiger partial charge in [0.2, 0.25) is 5.90 Å². The van der Waals surface area contributed by atoms with E-state index in [1.807, 2.05) is 54.6 Å². The summed E-state index contributed by atoms with van der Waals surface area (Å²) in [5, 5.41) is 0. The van der Waals surface area contributed by atoms with Crippen molar-refractivity contribution in [2.75, 3.05) is 7.11 Å². The second kappa shape index (κ2) is 10.2. The monoisotopic (exact) mass is 667 g/mol. The van der Waals surface area contributed by atoms with E-state index in [-0.39, 0.29) is 11.6 Å². The van der Waals surface area contributed by atoms with E-state index in [9.17, 15) is 4.79 Å². The molecule has 0 amide bonds. The van der Waals surface area contributed by atoms with E-state index in [0.29, 0.717) is 18.1 Å². The van der Waals surface area contributed by atoms with Crippen molar-refractivity contribution >= 4 is 72.4 Å². The third kappa shape index (κ3) is 5.41. The molecule has 162 valence electrons. The standard InChI is InChI=1S/C24H16Br2INO4/c1-30-22-11-15(4-9-21(22)31-13-14-2-6-17(25)7-3-14)10-20-24(29)32-23(28-20)16-5-8-19(27)18(26)12-16/h2-12H,13H2,1H3/b20-10-. The van der Waals surface area contributed by atoms with E-state index in [1.54, 1.807) is 19.3 Å². The van der Waals surface area contributed by atoms with Gasteiger partial charge >= 0.3 is 5.97 Å². The van der Waals surface area contributed by atoms with Crippen molar-refractivity contribution in [1.82, 2.24) is 0 Å². The van der Waals surface area contributed by atoms with Crippen LogP contribution in [-0.4, -0.2) is 19.0 Å². The molecular weight excluding hydrogens is 653 g/mol. The minimum atomic E-state index is -0.496. The summed E-state index contributed by atoms with van der Waals surface area (Å²) in [4.78, 5) is 16.7. The quantitative estimate of drug-likeness (QED) is 0.166. The van der Waals surface area contributed by atoms with Crippen LogP contribution in [0.2, 0.25) is 0 Å². The molecule has 5 nitrogen and oxygen atoms in total. The lowest BCUT2D eigenvalue weighted by molar-refractivity contribution is -0.129. The molecule has 0 bridgehead atoms. The molecule has 0 aliphatic carbocycles. The number of carbonyl (C=O) groups excluding carboxylic acids is 1. The van der Waals surface area contributed by atoms with Crippen LogP contribution in [0.4, 0.5) is 0 Å². The van der Waals surface area contributed by atoms with Gasteiger partial charge in [0.1, 0.15) is 6.61 Å². The average molecular weight is 669 g/mol. The second-order valence-electron chi connectivity index (χ2n) is 6.79. The van der Waals surface area contributed by atoms with Gasteiger partial charge in [-0.1, -0.05) is 34.1 Å². The number of carbonyl (C=O) groups is 1. The third-order valence-corrected chi connectivity index (χ3v) is 7.45. The number of halogens is 3. The molecule has 0 atom stereocenters. The molecule has 32 heavy (non-hydrogen) atoms. The molecule has 0 unspecified atom stereocenters. The van der Waals surface area contributed by atoms with Crippen LogP contribution in [-0.2, 0) is 16.1 Å². The van der Waals surface area contributed by atoms with E-state index in [2.05, 4.69) is 59.4 Å². The number of hydrogen-bond donors (Lipinski definition) is 0. The maximum Gasteiger partial charge on any atom is 0.363 e. The Labute approximate surface area is 215 Å². The molecule has 1 aliphatic heterocycles. The van der Waals surface area contributed by atoms with Crippen molar-refractivity contribution in [1.29, 1.82) is 0 Å². The minimum Gasteiger partial charge on any atom is -0.493 e. The summed E-state index contributed by atoms with van der Waals surface area (Å²) >= 11 is 9.13. The summed E-state index contributed by atoms with van der Waals surface area (Å²) in [5.74, 6) is 0.956. The Balaban J connectivity index is 1.54. The molecule has 0 spiro atoms. The summed E-state index contributed by atoms with van der Waals surface area (Å²) < 4.78 is 19.7. The van der Waals surface area contributed by atoms with Gasteiger partial charge < -0.3 is 14.2 Å². The van der Waals surface area contributed by atoms with Gasteiger partial charge in [0, 0.05) is 18.1 Å². The van der Waals surface area contributed by atoms with Gasteiger partial charge in [-0.25, -0.2) is 9.79 Å². The number of ether oxygens (including phenoxy) is 3. The molecule has 0 aromatic heterocycles. The van der Waals surface area contributed by atoms with Crippen LogP contribution in [0.25, 0.3) is 6.08 Å². The SMILES string of the molecule is COc1cc(/C=C2\N=C(c3ccc(I)c(Br)c3)OC2=O)ccc1OCc1ccc(Br)cc1. The zero-order valence-corrected chi connectivity index (χ0v) is 22.1. The highest BCUT2D eigenvalue weighted by atomic mass is 127. The fourth-order valence-electron chi connectivity index (χ4n) is 2.95. The van der Waals surface area contributed by atoms with Gasteiger partial charge in [0.25, 0.3) is 0 Å². The highest BCUT2D eigenvalue weighted by Gasteiger charge is 2.24. The fraction of sp³-hybridized carbons (Fsp3) is 0.0833. The smallest absolute Gasteiger partial charge is 0.363 e. The van der Waals surface area contributed by atoms with E-state index >= 15 is 0 Å². The molecule has 0 N–H and O–H groups in total. The van der Waals surface area contributed by atoms with Gasteiger partial charge in [0.05, 0.1) is 7.11 Å². The zero-order chi connectivity index (χ0) is 22.7. The molecule has 1 heterocycles. The number of cyclic esters (lactones) is 1. The Bertz CT molecular complexity index is 1240. The number of esters is 1. The molecule has 0 radical (unpaired) electrons. The molecule has 0 saturated heterocycles. The first-order valence-corrected chi connectivity index (χ1v) is 12.1. The maximum atomic E-state index is 12.3. The first-order valence-electron chi connectivity index (χ1n) is 9.46. The number of methoxy groups -OCH3 is 1. The molecule has 0 saturated carbocycles. The fourth-order valence-corrected chi connectivity index (χ4v) is 3.93. The maximum absolute atomic E-state index is 12.3. The van der Waals surface area contributed by atoms with Crippen molar-refractivity contribution in [2.24, 2.45) is 4.99 Å². The Morgan fingerprint density at radius 2 is 1.81 bits per heavy atom. The Hall–Kier alpha value is -2.17. The largest absolute Gasteiger partial charge is 0.493 e. The lowest BCUT2D eigenvalue weighted by Gasteiger charge is -2.11. The van der Waals surface area contributed by atoms with E-state index in [0.717, 1.165) is 29.2 Å². The van der Waals surface area contributed by atoms with Crippen molar-refractivity contribution in [3.63, 3.8) is 0 Å². The average Bonchev–Trinajstić information content (AvgIpc) is 3.15. The summed E-state index contributed by atoms with van der Waals surface area (Å²) in [7, 11) is 1.58. The van der Waals surface area contributed by atoms with Crippen LogP contribution in [0.15, 0.2) is 80.3 Å². The summed E-state index contributed by atoms with van der Waals surface area (Å²) in [6.45, 7) is 0.412. The first kappa shape index (κ1) is 23.0. The van der Waals surface area contributed by atoms with Crippen molar-refractivity contribution in [2.45, 2.75) is 6.61 Å². The van der Waals surface area contributed by atoms with Gasteiger partial charge in [0.15, 0.2) is 17.2 Å². The lowest BCUT2D eigenvalue weighted by Crippen LogP contribution is -2.05. The van der Waals surface area contributed by atoms with Crippen molar-refractivity contribution < 1.29 is 19.0 Å². The highest BCUT2D eigenvalue weighted by Crippen LogP contribution is 2.31. The Morgan fingerprint density at radius 1 is 1.03 bits per heavy atom. The molecule has 0 fully saturated rings. The Kier molecular flexibility index (Phi) is 7.32. The van der Waals surface area contributed by atoms with Crippen LogP contribution in [0.1, 0.15) is 16.7 Å². The summed E-state index contributed by atoms with van der Waals surface area (Å²) in [6, 6.07) is 19.0. The third-order valence-electron chi connectivity index (χ3n) is 4.59. The van der Waals surface area contributed by atoms with Gasteiger partial charge in [-0.2, -0.15) is 0 Å². The number of benzene rings is 3. The van der Waals surface area contributed by atoms with Crippen LogP contribution < -0.4 is 9.47 Å². The van der Waals surface area contributed by atoms with E-state index < -0.39 is 5.97 Å². The predicted molar refractivity (Wildman–Crippen MR) is 139 cm³/mol. The summed E-state index contributed by atoms with van der Waals surface area (Å²) in [6.07, 6.45) is 1.66.